The van der Waals surface area contributed by atoms with Crippen LogP contribution in [0.15, 0.2) is 24.3 Å². The minimum atomic E-state index is 0.231. The van der Waals surface area contributed by atoms with E-state index in [-0.39, 0.29) is 5.54 Å². The normalized spacial score (nSPS) is 24.4. The molecule has 2 unspecified atom stereocenters. The molecule has 19 heavy (non-hydrogen) atoms. The quantitative estimate of drug-likeness (QED) is 0.832. The van der Waals surface area contributed by atoms with Gasteiger partial charge in [-0.1, -0.05) is 42.7 Å². The van der Waals surface area contributed by atoms with Crippen molar-refractivity contribution >= 4 is 0 Å². The molecule has 0 radical (unpaired) electrons. The highest BCUT2D eigenvalue weighted by Crippen LogP contribution is 2.37. The zero-order chi connectivity index (χ0) is 13.9. The van der Waals surface area contributed by atoms with Gasteiger partial charge < -0.3 is 5.32 Å². The molecule has 2 rings (SSSR count). The van der Waals surface area contributed by atoms with Crippen molar-refractivity contribution < 1.29 is 0 Å². The van der Waals surface area contributed by atoms with Crippen molar-refractivity contribution in [1.29, 1.82) is 0 Å². The second-order valence-corrected chi connectivity index (χ2v) is 7.19. The molecule has 106 valence electrons. The standard InChI is InChI=1S/C18H29N/c1-14-9-11-15(12-10-14)17-8-6-5-7-16(17)13-19-18(2,3)4/h9-12,16-17,19H,5-8,13H2,1-4H3. The molecule has 1 nitrogen and oxygen atoms in total. The Labute approximate surface area is 118 Å². The highest BCUT2D eigenvalue weighted by molar-refractivity contribution is 5.25. The molecule has 0 aliphatic heterocycles. The van der Waals surface area contributed by atoms with E-state index in [1.54, 1.807) is 5.56 Å². The summed E-state index contributed by atoms with van der Waals surface area (Å²) in [7, 11) is 0. The van der Waals surface area contributed by atoms with E-state index >= 15 is 0 Å². The van der Waals surface area contributed by atoms with Crippen molar-refractivity contribution in [2.24, 2.45) is 5.92 Å². The van der Waals surface area contributed by atoms with Crippen LogP contribution in [0.1, 0.15) is 63.5 Å². The van der Waals surface area contributed by atoms with Crippen LogP contribution in [-0.2, 0) is 0 Å². The van der Waals surface area contributed by atoms with Gasteiger partial charge in [0.15, 0.2) is 0 Å². The van der Waals surface area contributed by atoms with Gasteiger partial charge in [0, 0.05) is 5.54 Å². The zero-order valence-corrected chi connectivity index (χ0v) is 13.0. The van der Waals surface area contributed by atoms with Gasteiger partial charge in [-0.25, -0.2) is 0 Å². The Balaban J connectivity index is 2.05. The van der Waals surface area contributed by atoms with Crippen molar-refractivity contribution in [2.75, 3.05) is 6.54 Å². The molecule has 1 heteroatoms. The predicted molar refractivity (Wildman–Crippen MR) is 83.6 cm³/mol. The number of hydrogen-bond donors (Lipinski definition) is 1. The van der Waals surface area contributed by atoms with Gasteiger partial charge >= 0.3 is 0 Å². The largest absolute Gasteiger partial charge is 0.312 e. The van der Waals surface area contributed by atoms with Crippen LogP contribution in [0, 0.1) is 12.8 Å². The van der Waals surface area contributed by atoms with Gasteiger partial charge in [-0.05, 0) is 64.5 Å². The van der Waals surface area contributed by atoms with Gasteiger partial charge in [0.1, 0.15) is 0 Å². The van der Waals surface area contributed by atoms with Gasteiger partial charge in [-0.15, -0.1) is 0 Å². The van der Waals surface area contributed by atoms with Gasteiger partial charge in [0.25, 0.3) is 0 Å². The lowest BCUT2D eigenvalue weighted by molar-refractivity contribution is 0.269. The number of aryl methyl sites for hydroxylation is 1. The zero-order valence-electron chi connectivity index (χ0n) is 13.0. The second-order valence-electron chi connectivity index (χ2n) is 7.19. The number of hydrogen-bond acceptors (Lipinski definition) is 1. The van der Waals surface area contributed by atoms with E-state index in [0.717, 1.165) is 18.4 Å². The number of nitrogens with one attached hydrogen (secondary N) is 1. The first-order valence-electron chi connectivity index (χ1n) is 7.77. The fraction of sp³-hybridized carbons (Fsp3) is 0.667. The topological polar surface area (TPSA) is 12.0 Å². The third-order valence-corrected chi connectivity index (χ3v) is 4.31. The molecule has 2 atom stereocenters. The second kappa shape index (κ2) is 6.09. The molecule has 1 N–H and O–H groups in total. The Bertz CT molecular complexity index is 385. The average Bonchev–Trinajstić information content (AvgIpc) is 2.37. The van der Waals surface area contributed by atoms with E-state index in [9.17, 15) is 0 Å². The summed E-state index contributed by atoms with van der Waals surface area (Å²) in [6.07, 6.45) is 5.53. The van der Waals surface area contributed by atoms with Crippen LogP contribution in [0.4, 0.5) is 0 Å². The Morgan fingerprint density at radius 3 is 2.32 bits per heavy atom. The Hall–Kier alpha value is -0.820. The van der Waals surface area contributed by atoms with E-state index in [1.165, 1.54) is 31.2 Å². The Morgan fingerprint density at radius 2 is 1.68 bits per heavy atom. The minimum absolute atomic E-state index is 0.231. The maximum absolute atomic E-state index is 3.70. The van der Waals surface area contributed by atoms with Crippen LogP contribution in [0.25, 0.3) is 0 Å². The van der Waals surface area contributed by atoms with E-state index < -0.39 is 0 Å². The van der Waals surface area contributed by atoms with Crippen LogP contribution < -0.4 is 5.32 Å². The molecule has 1 aromatic carbocycles. The first kappa shape index (κ1) is 14.6. The maximum Gasteiger partial charge on any atom is 0.00966 e. The van der Waals surface area contributed by atoms with Crippen LogP contribution in [0.2, 0.25) is 0 Å². The summed E-state index contributed by atoms with van der Waals surface area (Å²) in [5.74, 6) is 1.56. The molecule has 1 aliphatic carbocycles. The molecule has 1 aromatic rings. The van der Waals surface area contributed by atoms with Gasteiger partial charge in [0.05, 0.1) is 0 Å². The molecule has 0 aromatic heterocycles. The lowest BCUT2D eigenvalue weighted by atomic mass is 9.75. The van der Waals surface area contributed by atoms with E-state index in [1.807, 2.05) is 0 Å². The molecule has 0 amide bonds. The van der Waals surface area contributed by atoms with Crippen LogP contribution in [-0.4, -0.2) is 12.1 Å². The third kappa shape index (κ3) is 4.35. The lowest BCUT2D eigenvalue weighted by Gasteiger charge is -2.34. The molecule has 0 spiro atoms. The van der Waals surface area contributed by atoms with E-state index in [4.69, 9.17) is 0 Å². The summed E-state index contributed by atoms with van der Waals surface area (Å²) in [4.78, 5) is 0. The molecule has 0 heterocycles. The summed E-state index contributed by atoms with van der Waals surface area (Å²) in [6.45, 7) is 10.1. The third-order valence-electron chi connectivity index (χ3n) is 4.31. The summed E-state index contributed by atoms with van der Waals surface area (Å²) in [5, 5.41) is 3.70. The summed E-state index contributed by atoms with van der Waals surface area (Å²) >= 11 is 0. The van der Waals surface area contributed by atoms with Crippen LogP contribution in [0.3, 0.4) is 0 Å². The summed E-state index contributed by atoms with van der Waals surface area (Å²) < 4.78 is 0. The smallest absolute Gasteiger partial charge is 0.00966 e. The first-order chi connectivity index (χ1) is 8.96. The van der Waals surface area contributed by atoms with E-state index in [0.29, 0.717) is 0 Å². The highest BCUT2D eigenvalue weighted by Gasteiger charge is 2.27. The van der Waals surface area contributed by atoms with Crippen LogP contribution >= 0.6 is 0 Å². The predicted octanol–water partition coefficient (Wildman–Crippen LogP) is 4.66. The SMILES string of the molecule is Cc1ccc(C2CCCCC2CNC(C)(C)C)cc1. The lowest BCUT2D eigenvalue weighted by Crippen LogP contribution is -2.41. The fourth-order valence-corrected chi connectivity index (χ4v) is 3.14. The molecule has 0 bridgehead atoms. The minimum Gasteiger partial charge on any atom is -0.312 e. The van der Waals surface area contributed by atoms with Crippen molar-refractivity contribution in [3.63, 3.8) is 0 Å². The Kier molecular flexibility index (Phi) is 4.67. The molecule has 0 saturated heterocycles. The number of rotatable bonds is 3. The van der Waals surface area contributed by atoms with Crippen LogP contribution in [0.5, 0.6) is 0 Å². The van der Waals surface area contributed by atoms with Gasteiger partial charge in [0.2, 0.25) is 0 Å². The number of benzene rings is 1. The summed E-state index contributed by atoms with van der Waals surface area (Å²) in [6, 6.07) is 9.21. The van der Waals surface area contributed by atoms with E-state index in [2.05, 4.69) is 57.3 Å². The fourth-order valence-electron chi connectivity index (χ4n) is 3.14. The molecular formula is C18H29N. The monoisotopic (exact) mass is 259 g/mol. The van der Waals surface area contributed by atoms with Gasteiger partial charge in [-0.2, -0.15) is 0 Å². The summed E-state index contributed by atoms with van der Waals surface area (Å²) in [5.41, 5.74) is 3.14. The van der Waals surface area contributed by atoms with Crippen molar-refractivity contribution in [3.05, 3.63) is 35.4 Å². The van der Waals surface area contributed by atoms with Crippen molar-refractivity contribution in [1.82, 2.24) is 5.32 Å². The molecule has 1 fully saturated rings. The molecule has 1 saturated carbocycles. The maximum atomic E-state index is 3.70. The Morgan fingerprint density at radius 1 is 1.05 bits per heavy atom. The highest BCUT2D eigenvalue weighted by atomic mass is 14.9. The average molecular weight is 259 g/mol. The molecular weight excluding hydrogens is 230 g/mol. The first-order valence-corrected chi connectivity index (χ1v) is 7.77. The molecule has 1 aliphatic rings. The van der Waals surface area contributed by atoms with Gasteiger partial charge in [-0.3, -0.25) is 0 Å². The van der Waals surface area contributed by atoms with Crippen molar-refractivity contribution in [2.45, 2.75) is 64.8 Å². The van der Waals surface area contributed by atoms with Crippen molar-refractivity contribution in [3.8, 4) is 0 Å².